The van der Waals surface area contributed by atoms with E-state index in [1.165, 1.54) is 12.8 Å². The third-order valence-electron chi connectivity index (χ3n) is 2.89. The highest BCUT2D eigenvalue weighted by Crippen LogP contribution is 2.18. The largest absolute Gasteiger partial charge is 0.368 e. The SMILES string of the molecule is O=C(NCCCNC1CC1)[C@H]1CCCO1. The molecule has 0 aromatic carbocycles. The molecular formula is C11H20N2O2. The minimum absolute atomic E-state index is 0.0684. The monoisotopic (exact) mass is 212 g/mol. The van der Waals surface area contributed by atoms with E-state index < -0.39 is 0 Å². The Kier molecular flexibility index (Phi) is 3.97. The van der Waals surface area contributed by atoms with Crippen molar-refractivity contribution in [1.82, 2.24) is 10.6 Å². The van der Waals surface area contributed by atoms with Crippen LogP contribution in [0.25, 0.3) is 0 Å². The number of carbonyl (C=O) groups excluding carboxylic acids is 1. The smallest absolute Gasteiger partial charge is 0.249 e. The van der Waals surface area contributed by atoms with Crippen molar-refractivity contribution in [1.29, 1.82) is 0 Å². The molecule has 0 aromatic heterocycles. The molecule has 0 spiro atoms. The van der Waals surface area contributed by atoms with Crippen LogP contribution in [-0.4, -0.2) is 37.7 Å². The second-order valence-corrected chi connectivity index (χ2v) is 4.37. The van der Waals surface area contributed by atoms with E-state index in [1.807, 2.05) is 0 Å². The maximum Gasteiger partial charge on any atom is 0.249 e. The van der Waals surface area contributed by atoms with Crippen molar-refractivity contribution >= 4 is 5.91 Å². The summed E-state index contributed by atoms with van der Waals surface area (Å²) in [7, 11) is 0. The summed E-state index contributed by atoms with van der Waals surface area (Å²) >= 11 is 0. The second-order valence-electron chi connectivity index (χ2n) is 4.37. The van der Waals surface area contributed by atoms with Crippen LogP contribution >= 0.6 is 0 Å². The molecule has 2 fully saturated rings. The molecular weight excluding hydrogens is 192 g/mol. The second kappa shape index (κ2) is 5.47. The summed E-state index contributed by atoms with van der Waals surface area (Å²) in [6.07, 6.45) is 5.37. The third kappa shape index (κ3) is 3.80. The van der Waals surface area contributed by atoms with Crippen molar-refractivity contribution in [2.24, 2.45) is 0 Å². The lowest BCUT2D eigenvalue weighted by atomic mass is 10.2. The third-order valence-corrected chi connectivity index (χ3v) is 2.89. The molecule has 0 aromatic rings. The molecule has 0 unspecified atom stereocenters. The van der Waals surface area contributed by atoms with Gasteiger partial charge in [0, 0.05) is 19.2 Å². The Bertz CT molecular complexity index is 211. The minimum Gasteiger partial charge on any atom is -0.368 e. The van der Waals surface area contributed by atoms with Crippen molar-refractivity contribution in [3.05, 3.63) is 0 Å². The molecule has 86 valence electrons. The van der Waals surface area contributed by atoms with Gasteiger partial charge < -0.3 is 15.4 Å². The lowest BCUT2D eigenvalue weighted by molar-refractivity contribution is -0.130. The molecule has 1 saturated heterocycles. The highest BCUT2D eigenvalue weighted by Gasteiger charge is 2.23. The fourth-order valence-electron chi connectivity index (χ4n) is 1.79. The molecule has 2 rings (SSSR count). The summed E-state index contributed by atoms with van der Waals surface area (Å²) in [6.45, 7) is 2.51. The van der Waals surface area contributed by atoms with E-state index >= 15 is 0 Å². The van der Waals surface area contributed by atoms with Gasteiger partial charge in [-0.1, -0.05) is 0 Å². The molecule has 1 aliphatic heterocycles. The zero-order valence-electron chi connectivity index (χ0n) is 9.13. The summed E-state index contributed by atoms with van der Waals surface area (Å²) in [4.78, 5) is 11.5. The summed E-state index contributed by atoms with van der Waals surface area (Å²) in [5.41, 5.74) is 0. The van der Waals surface area contributed by atoms with Crippen molar-refractivity contribution in [2.45, 2.75) is 44.2 Å². The predicted molar refractivity (Wildman–Crippen MR) is 57.6 cm³/mol. The van der Waals surface area contributed by atoms with Gasteiger partial charge in [-0.3, -0.25) is 4.79 Å². The van der Waals surface area contributed by atoms with Gasteiger partial charge in [0.05, 0.1) is 0 Å². The van der Waals surface area contributed by atoms with E-state index in [2.05, 4.69) is 10.6 Å². The highest BCUT2D eigenvalue weighted by molar-refractivity contribution is 5.80. The predicted octanol–water partition coefficient (Wildman–Crippen LogP) is 0.424. The van der Waals surface area contributed by atoms with E-state index in [0.717, 1.165) is 45.0 Å². The molecule has 1 saturated carbocycles. The number of hydrogen-bond acceptors (Lipinski definition) is 3. The molecule has 1 amide bonds. The van der Waals surface area contributed by atoms with E-state index in [0.29, 0.717) is 0 Å². The average molecular weight is 212 g/mol. The van der Waals surface area contributed by atoms with Crippen molar-refractivity contribution in [2.75, 3.05) is 19.7 Å². The van der Waals surface area contributed by atoms with Gasteiger partial charge in [-0.05, 0) is 38.6 Å². The van der Waals surface area contributed by atoms with Gasteiger partial charge in [0.15, 0.2) is 0 Å². The van der Waals surface area contributed by atoms with Crippen LogP contribution in [0.3, 0.4) is 0 Å². The molecule has 2 aliphatic rings. The van der Waals surface area contributed by atoms with E-state index in [9.17, 15) is 4.79 Å². The van der Waals surface area contributed by atoms with E-state index in [4.69, 9.17) is 4.74 Å². The molecule has 4 heteroatoms. The van der Waals surface area contributed by atoms with Crippen molar-refractivity contribution < 1.29 is 9.53 Å². The first-order chi connectivity index (χ1) is 7.36. The standard InChI is InChI=1S/C11H20N2O2/c14-11(10-3-1-8-15-10)13-7-2-6-12-9-4-5-9/h9-10,12H,1-8H2,(H,13,14)/t10-/m1/s1. The Morgan fingerprint density at radius 2 is 2.13 bits per heavy atom. The van der Waals surface area contributed by atoms with Crippen molar-refractivity contribution in [3.8, 4) is 0 Å². The topological polar surface area (TPSA) is 50.4 Å². The number of carbonyl (C=O) groups is 1. The van der Waals surface area contributed by atoms with Crippen LogP contribution in [0.15, 0.2) is 0 Å². The fourth-order valence-corrected chi connectivity index (χ4v) is 1.79. The molecule has 4 nitrogen and oxygen atoms in total. The molecule has 1 atom stereocenters. The fraction of sp³-hybridized carbons (Fsp3) is 0.909. The summed E-state index contributed by atoms with van der Waals surface area (Å²) in [5.74, 6) is 0.0684. The molecule has 0 radical (unpaired) electrons. The maximum absolute atomic E-state index is 11.5. The van der Waals surface area contributed by atoms with Crippen LogP contribution in [0.5, 0.6) is 0 Å². The van der Waals surface area contributed by atoms with Gasteiger partial charge in [-0.15, -0.1) is 0 Å². The van der Waals surface area contributed by atoms with Gasteiger partial charge in [0.2, 0.25) is 5.91 Å². The molecule has 1 heterocycles. The minimum atomic E-state index is -0.179. The molecule has 1 aliphatic carbocycles. The number of hydrogen-bond donors (Lipinski definition) is 2. The molecule has 15 heavy (non-hydrogen) atoms. The average Bonchev–Trinajstić information content (AvgIpc) is 2.90. The van der Waals surface area contributed by atoms with Gasteiger partial charge in [0.1, 0.15) is 6.10 Å². The van der Waals surface area contributed by atoms with Gasteiger partial charge in [0.25, 0.3) is 0 Å². The number of amides is 1. The first-order valence-electron chi connectivity index (χ1n) is 5.99. The zero-order chi connectivity index (χ0) is 10.5. The van der Waals surface area contributed by atoms with Crippen LogP contribution in [0, 0.1) is 0 Å². The van der Waals surface area contributed by atoms with Crippen LogP contribution in [-0.2, 0) is 9.53 Å². The number of rotatable bonds is 6. The van der Waals surface area contributed by atoms with Crippen LogP contribution in [0.1, 0.15) is 32.1 Å². The molecule has 2 N–H and O–H groups in total. The van der Waals surface area contributed by atoms with Crippen molar-refractivity contribution in [3.63, 3.8) is 0 Å². The summed E-state index contributed by atoms with van der Waals surface area (Å²) < 4.78 is 5.29. The van der Waals surface area contributed by atoms with Gasteiger partial charge in [-0.25, -0.2) is 0 Å². The van der Waals surface area contributed by atoms with E-state index in [-0.39, 0.29) is 12.0 Å². The van der Waals surface area contributed by atoms with Crippen LogP contribution in [0.4, 0.5) is 0 Å². The van der Waals surface area contributed by atoms with Gasteiger partial charge >= 0.3 is 0 Å². The Hall–Kier alpha value is -0.610. The summed E-state index contributed by atoms with van der Waals surface area (Å²) in [5, 5.41) is 6.33. The maximum atomic E-state index is 11.5. The Morgan fingerprint density at radius 3 is 2.80 bits per heavy atom. The lowest BCUT2D eigenvalue weighted by Gasteiger charge is -2.10. The Morgan fingerprint density at radius 1 is 1.27 bits per heavy atom. The quantitative estimate of drug-likeness (QED) is 0.628. The highest BCUT2D eigenvalue weighted by atomic mass is 16.5. The lowest BCUT2D eigenvalue weighted by Crippen LogP contribution is -2.35. The van der Waals surface area contributed by atoms with Gasteiger partial charge in [-0.2, -0.15) is 0 Å². The molecule has 0 bridgehead atoms. The van der Waals surface area contributed by atoms with E-state index in [1.54, 1.807) is 0 Å². The first kappa shape index (κ1) is 10.9. The summed E-state index contributed by atoms with van der Waals surface area (Å²) in [6, 6.07) is 0.763. The Balaban J connectivity index is 1.46. The van der Waals surface area contributed by atoms with Crippen LogP contribution < -0.4 is 10.6 Å². The Labute approximate surface area is 90.8 Å². The van der Waals surface area contributed by atoms with Crippen LogP contribution in [0.2, 0.25) is 0 Å². The zero-order valence-corrected chi connectivity index (χ0v) is 9.13. The first-order valence-corrected chi connectivity index (χ1v) is 5.99. The number of ether oxygens (including phenoxy) is 1. The normalized spacial score (nSPS) is 25.5. The number of nitrogens with one attached hydrogen (secondary N) is 2.